The van der Waals surface area contributed by atoms with Gasteiger partial charge in [0.05, 0.1) is 11.5 Å². The van der Waals surface area contributed by atoms with Crippen molar-refractivity contribution in [1.29, 1.82) is 5.41 Å². The number of nitrogens with two attached hydrogens (primary N) is 1. The fraction of sp³-hybridized carbons (Fsp3) is 0.571. The van der Waals surface area contributed by atoms with Crippen molar-refractivity contribution in [3.05, 3.63) is 30.1 Å². The lowest BCUT2D eigenvalue weighted by Crippen LogP contribution is -2.35. The van der Waals surface area contributed by atoms with E-state index in [4.69, 9.17) is 11.1 Å². The van der Waals surface area contributed by atoms with Gasteiger partial charge in [0.25, 0.3) is 0 Å². The molecule has 0 unspecified atom stereocenters. The van der Waals surface area contributed by atoms with Crippen LogP contribution in [0.4, 0.5) is 0 Å². The Morgan fingerprint density at radius 1 is 1.44 bits per heavy atom. The summed E-state index contributed by atoms with van der Waals surface area (Å²) in [4.78, 5) is 6.66. The van der Waals surface area contributed by atoms with E-state index in [9.17, 15) is 0 Å². The van der Waals surface area contributed by atoms with E-state index in [1.807, 2.05) is 38.2 Å². The third-order valence-corrected chi connectivity index (χ3v) is 3.34. The monoisotopic (exact) mass is 248 g/mol. The molecule has 100 valence electrons. The Hall–Kier alpha value is -1.42. The lowest BCUT2D eigenvalue weighted by Gasteiger charge is -2.27. The van der Waals surface area contributed by atoms with Crippen LogP contribution in [0.5, 0.6) is 0 Å². The van der Waals surface area contributed by atoms with E-state index in [1.165, 1.54) is 0 Å². The zero-order valence-corrected chi connectivity index (χ0v) is 11.6. The summed E-state index contributed by atoms with van der Waals surface area (Å²) in [5, 5.41) is 7.57. The van der Waals surface area contributed by atoms with E-state index >= 15 is 0 Å². The largest absolute Gasteiger partial charge is 0.387 e. The maximum Gasteiger partial charge on any atom is 0.0963 e. The Morgan fingerprint density at radius 2 is 2.17 bits per heavy atom. The third kappa shape index (κ3) is 4.45. The zero-order chi connectivity index (χ0) is 13.6. The minimum absolute atomic E-state index is 0.225. The number of hydrogen-bond acceptors (Lipinski definition) is 3. The molecule has 0 aliphatic carbocycles. The molecule has 0 aliphatic heterocycles. The molecule has 0 amide bonds. The summed E-state index contributed by atoms with van der Waals surface area (Å²) in [5.74, 6) is 0.261. The van der Waals surface area contributed by atoms with Gasteiger partial charge in [0.1, 0.15) is 0 Å². The molecule has 0 bridgehead atoms. The van der Waals surface area contributed by atoms with E-state index in [-0.39, 0.29) is 11.3 Å². The van der Waals surface area contributed by atoms with Gasteiger partial charge in [0.2, 0.25) is 0 Å². The van der Waals surface area contributed by atoms with Crippen molar-refractivity contribution >= 4 is 5.84 Å². The molecule has 0 atom stereocenters. The highest BCUT2D eigenvalue weighted by molar-refractivity contribution is 5.82. The number of pyridine rings is 1. The van der Waals surface area contributed by atoms with E-state index in [0.29, 0.717) is 0 Å². The van der Waals surface area contributed by atoms with Crippen LogP contribution in [0.2, 0.25) is 0 Å². The molecule has 1 aromatic rings. The summed E-state index contributed by atoms with van der Waals surface area (Å²) >= 11 is 0. The van der Waals surface area contributed by atoms with Gasteiger partial charge in [0, 0.05) is 18.2 Å². The molecule has 3 N–H and O–H groups in total. The molecule has 0 spiro atoms. The Kier molecular flexibility index (Phi) is 5.28. The van der Waals surface area contributed by atoms with E-state index in [2.05, 4.69) is 16.8 Å². The maximum atomic E-state index is 7.57. The Balaban J connectivity index is 2.51. The molecule has 1 aromatic heterocycles. The smallest absolute Gasteiger partial charge is 0.0963 e. The molecule has 0 saturated heterocycles. The summed E-state index contributed by atoms with van der Waals surface area (Å²) in [7, 11) is 0. The quantitative estimate of drug-likeness (QED) is 0.574. The second-order valence-corrected chi connectivity index (χ2v) is 5.24. The van der Waals surface area contributed by atoms with Crippen LogP contribution in [-0.4, -0.2) is 28.8 Å². The average Bonchev–Trinajstić information content (AvgIpc) is 2.35. The van der Waals surface area contributed by atoms with Gasteiger partial charge < -0.3 is 5.73 Å². The zero-order valence-electron chi connectivity index (χ0n) is 11.6. The first kappa shape index (κ1) is 14.6. The normalized spacial score (nSPS) is 11.8. The van der Waals surface area contributed by atoms with Gasteiger partial charge in [-0.2, -0.15) is 0 Å². The molecule has 0 aliphatic rings. The number of hydrogen-bond donors (Lipinski definition) is 2. The average molecular weight is 248 g/mol. The Morgan fingerprint density at radius 3 is 2.67 bits per heavy atom. The summed E-state index contributed by atoms with van der Waals surface area (Å²) in [5.41, 5.74) is 6.46. The molecule has 0 radical (unpaired) electrons. The van der Waals surface area contributed by atoms with Gasteiger partial charge in [-0.25, -0.2) is 0 Å². The van der Waals surface area contributed by atoms with Crippen molar-refractivity contribution in [1.82, 2.24) is 9.88 Å². The van der Waals surface area contributed by atoms with Gasteiger partial charge in [-0.1, -0.05) is 26.8 Å². The fourth-order valence-electron chi connectivity index (χ4n) is 1.64. The lowest BCUT2D eigenvalue weighted by atomic mass is 9.88. The van der Waals surface area contributed by atoms with Gasteiger partial charge in [0.15, 0.2) is 0 Å². The topological polar surface area (TPSA) is 66.0 Å². The van der Waals surface area contributed by atoms with Crippen LogP contribution in [0, 0.1) is 10.8 Å². The highest BCUT2D eigenvalue weighted by atomic mass is 15.1. The first-order valence-electron chi connectivity index (χ1n) is 6.42. The molecule has 0 aromatic carbocycles. The molecule has 1 rings (SSSR count). The number of aromatic nitrogens is 1. The third-order valence-electron chi connectivity index (χ3n) is 3.34. The lowest BCUT2D eigenvalue weighted by molar-refractivity contribution is 0.246. The molecule has 0 saturated carbocycles. The van der Waals surface area contributed by atoms with Gasteiger partial charge >= 0.3 is 0 Å². The van der Waals surface area contributed by atoms with Gasteiger partial charge in [-0.05, 0) is 31.6 Å². The van der Waals surface area contributed by atoms with Crippen LogP contribution in [0.25, 0.3) is 0 Å². The van der Waals surface area contributed by atoms with Crippen molar-refractivity contribution in [3.63, 3.8) is 0 Å². The van der Waals surface area contributed by atoms with Crippen molar-refractivity contribution in [2.75, 3.05) is 13.1 Å². The molecule has 0 fully saturated rings. The van der Waals surface area contributed by atoms with Gasteiger partial charge in [-0.15, -0.1) is 0 Å². The highest BCUT2D eigenvalue weighted by Crippen LogP contribution is 2.20. The van der Waals surface area contributed by atoms with Gasteiger partial charge in [-0.3, -0.25) is 15.3 Å². The Bertz CT molecular complexity index is 373. The number of amidine groups is 1. The molecule has 18 heavy (non-hydrogen) atoms. The predicted molar refractivity (Wildman–Crippen MR) is 75.5 cm³/mol. The van der Waals surface area contributed by atoms with Crippen LogP contribution >= 0.6 is 0 Å². The molecule has 4 heteroatoms. The summed E-state index contributed by atoms with van der Waals surface area (Å²) in [6, 6.07) is 5.98. The number of nitrogens with zero attached hydrogens (tertiary/aromatic N) is 2. The summed E-state index contributed by atoms with van der Waals surface area (Å²) in [6.45, 7) is 8.94. The van der Waals surface area contributed by atoms with E-state index < -0.39 is 0 Å². The van der Waals surface area contributed by atoms with Crippen LogP contribution < -0.4 is 5.73 Å². The van der Waals surface area contributed by atoms with Crippen LogP contribution in [0.3, 0.4) is 0 Å². The second-order valence-electron chi connectivity index (χ2n) is 5.24. The van der Waals surface area contributed by atoms with Crippen LogP contribution in [0.15, 0.2) is 24.4 Å². The van der Waals surface area contributed by atoms with Crippen molar-refractivity contribution in [2.24, 2.45) is 11.1 Å². The maximum absolute atomic E-state index is 7.57. The summed E-state index contributed by atoms with van der Waals surface area (Å²) < 4.78 is 0. The van der Waals surface area contributed by atoms with E-state index in [0.717, 1.165) is 31.7 Å². The van der Waals surface area contributed by atoms with Crippen molar-refractivity contribution < 1.29 is 0 Å². The SMILES string of the molecule is CCN(CCC(C)(C)C(=N)N)Cc1ccccn1. The predicted octanol–water partition coefficient (Wildman–Crippen LogP) is 2.26. The second kappa shape index (κ2) is 6.50. The summed E-state index contributed by atoms with van der Waals surface area (Å²) in [6.07, 6.45) is 2.71. The van der Waals surface area contributed by atoms with Crippen molar-refractivity contribution in [2.45, 2.75) is 33.7 Å². The standard InChI is InChI=1S/C14H24N4/c1-4-18(10-8-14(2,3)13(15)16)11-12-7-5-6-9-17-12/h5-7,9H,4,8,10-11H2,1-3H3,(H3,15,16). The minimum atomic E-state index is -0.225. The molecule has 4 nitrogen and oxygen atoms in total. The molecular formula is C14H24N4. The molecular weight excluding hydrogens is 224 g/mol. The Labute approximate surface area is 110 Å². The van der Waals surface area contributed by atoms with Crippen LogP contribution in [0.1, 0.15) is 32.9 Å². The van der Waals surface area contributed by atoms with E-state index in [1.54, 1.807) is 0 Å². The highest BCUT2D eigenvalue weighted by Gasteiger charge is 2.22. The van der Waals surface area contributed by atoms with Crippen LogP contribution in [-0.2, 0) is 6.54 Å². The molecule has 1 heterocycles. The minimum Gasteiger partial charge on any atom is -0.387 e. The fourth-order valence-corrected chi connectivity index (χ4v) is 1.64. The number of nitrogens with one attached hydrogen (secondary N) is 1. The first-order valence-corrected chi connectivity index (χ1v) is 6.42. The number of rotatable bonds is 7. The van der Waals surface area contributed by atoms with Crippen molar-refractivity contribution in [3.8, 4) is 0 Å². The first-order chi connectivity index (χ1) is 8.45.